The molecule has 0 unspecified atom stereocenters. The maximum Gasteiger partial charge on any atom is 0.416 e. The fraction of sp³-hybridized carbons (Fsp3) is 0.286. The van der Waals surface area contributed by atoms with Crippen molar-refractivity contribution in [1.29, 1.82) is 0 Å². The molecule has 1 amide bonds. The van der Waals surface area contributed by atoms with Gasteiger partial charge in [-0.3, -0.25) is 9.69 Å². The van der Waals surface area contributed by atoms with Gasteiger partial charge >= 0.3 is 6.18 Å². The molecule has 0 atom stereocenters. The van der Waals surface area contributed by atoms with Crippen LogP contribution in [0.4, 0.5) is 23.2 Å². The molecule has 1 aliphatic rings. The monoisotopic (exact) mass is 541 g/mol. The van der Waals surface area contributed by atoms with Gasteiger partial charge in [0.1, 0.15) is 5.65 Å². The van der Waals surface area contributed by atoms with Crippen molar-refractivity contribution < 1.29 is 27.1 Å². The van der Waals surface area contributed by atoms with Crippen molar-refractivity contribution in [2.75, 3.05) is 45.2 Å². The predicted molar refractivity (Wildman–Crippen MR) is 140 cm³/mol. The molecular weight excluding hydrogens is 514 g/mol. The number of fused-ring (bicyclic) bond motifs is 1. The van der Waals surface area contributed by atoms with Gasteiger partial charge in [-0.1, -0.05) is 12.1 Å². The molecule has 204 valence electrons. The van der Waals surface area contributed by atoms with Crippen molar-refractivity contribution in [2.24, 2.45) is 0 Å². The second-order valence-electron chi connectivity index (χ2n) is 9.57. The highest BCUT2D eigenvalue weighted by Crippen LogP contribution is 2.35. The number of piperazine rings is 1. The molecular formula is C28H27F4N5O2. The maximum absolute atomic E-state index is 14.7. The molecule has 2 aromatic carbocycles. The lowest BCUT2D eigenvalue weighted by Crippen LogP contribution is -2.44. The zero-order valence-electron chi connectivity index (χ0n) is 21.2. The molecule has 3 heterocycles. The Labute approximate surface area is 222 Å². The molecule has 2 N–H and O–H groups in total. The van der Waals surface area contributed by atoms with Crippen molar-refractivity contribution >= 4 is 22.6 Å². The van der Waals surface area contributed by atoms with Crippen LogP contribution in [-0.4, -0.2) is 65.5 Å². The molecule has 1 saturated heterocycles. The van der Waals surface area contributed by atoms with E-state index in [-0.39, 0.29) is 23.5 Å². The molecule has 1 aliphatic heterocycles. The first kappa shape index (κ1) is 26.6. The van der Waals surface area contributed by atoms with Gasteiger partial charge in [-0.25, -0.2) is 9.37 Å². The first-order chi connectivity index (χ1) is 18.7. The van der Waals surface area contributed by atoms with Gasteiger partial charge in [-0.15, -0.1) is 0 Å². The Kier molecular flexibility index (Phi) is 7.53. The van der Waals surface area contributed by atoms with Gasteiger partial charge in [0.15, 0.2) is 18.2 Å². The van der Waals surface area contributed by atoms with Crippen LogP contribution < -0.4 is 10.1 Å². The topological polar surface area (TPSA) is 73.5 Å². The van der Waals surface area contributed by atoms with Crippen LogP contribution in [0.15, 0.2) is 60.9 Å². The minimum atomic E-state index is -4.58. The van der Waals surface area contributed by atoms with Crippen molar-refractivity contribution in [3.05, 3.63) is 77.9 Å². The number of ether oxygens (including phenoxy) is 1. The standard InChI is InChI=1S/C28H27F4N5O2/c1-36-8-10-37(11-9-36)16-20-2-4-22(14-23(20)28(30,31)32)35-26(38)17-39-25-5-3-18(13-24(25)29)21-12-19-6-7-33-27(19)34-15-21/h2-7,12-15H,8-11,16-17H2,1H3,(H,33,34)(H,35,38). The summed E-state index contributed by atoms with van der Waals surface area (Å²) in [5.74, 6) is -1.54. The third kappa shape index (κ3) is 6.37. The summed E-state index contributed by atoms with van der Waals surface area (Å²) in [5.41, 5.74) is 1.35. The number of rotatable bonds is 7. The molecule has 0 saturated carbocycles. The van der Waals surface area contributed by atoms with Crippen LogP contribution in [0.3, 0.4) is 0 Å². The Morgan fingerprint density at radius 2 is 1.85 bits per heavy atom. The molecule has 39 heavy (non-hydrogen) atoms. The fourth-order valence-electron chi connectivity index (χ4n) is 4.54. The molecule has 0 radical (unpaired) electrons. The number of carbonyl (C=O) groups is 1. The van der Waals surface area contributed by atoms with Gasteiger partial charge in [-0.05, 0) is 54.6 Å². The van der Waals surface area contributed by atoms with Gasteiger partial charge < -0.3 is 19.9 Å². The summed E-state index contributed by atoms with van der Waals surface area (Å²) in [6, 6.07) is 11.8. The minimum absolute atomic E-state index is 0.0125. The fourth-order valence-corrected chi connectivity index (χ4v) is 4.54. The number of H-pyrrole nitrogens is 1. The molecule has 1 fully saturated rings. The van der Waals surface area contributed by atoms with E-state index in [9.17, 15) is 22.4 Å². The zero-order chi connectivity index (χ0) is 27.6. The number of nitrogens with zero attached hydrogens (tertiary/aromatic N) is 3. The van der Waals surface area contributed by atoms with Crippen LogP contribution in [0, 0.1) is 5.82 Å². The van der Waals surface area contributed by atoms with Gasteiger partial charge in [0.25, 0.3) is 5.91 Å². The number of likely N-dealkylation sites (N-methyl/N-ethyl adjacent to an activating group) is 1. The van der Waals surface area contributed by atoms with Crippen LogP contribution in [0.1, 0.15) is 11.1 Å². The van der Waals surface area contributed by atoms with E-state index in [1.807, 2.05) is 24.1 Å². The third-order valence-electron chi connectivity index (χ3n) is 6.71. The van der Waals surface area contributed by atoms with Crippen LogP contribution in [-0.2, 0) is 17.5 Å². The summed E-state index contributed by atoms with van der Waals surface area (Å²) < 4.78 is 61.4. The lowest BCUT2D eigenvalue weighted by Gasteiger charge is -2.33. The number of anilines is 1. The van der Waals surface area contributed by atoms with Crippen molar-refractivity contribution in [2.45, 2.75) is 12.7 Å². The molecule has 7 nitrogen and oxygen atoms in total. The van der Waals surface area contributed by atoms with E-state index in [1.165, 1.54) is 24.3 Å². The van der Waals surface area contributed by atoms with Crippen molar-refractivity contribution in [1.82, 2.24) is 19.8 Å². The normalized spacial score (nSPS) is 15.0. The molecule has 4 aromatic rings. The summed E-state index contributed by atoms with van der Waals surface area (Å²) in [7, 11) is 1.98. The molecule has 11 heteroatoms. The van der Waals surface area contributed by atoms with Gasteiger partial charge in [-0.2, -0.15) is 13.2 Å². The van der Waals surface area contributed by atoms with E-state index in [2.05, 4.69) is 20.2 Å². The molecule has 0 bridgehead atoms. The highest BCUT2D eigenvalue weighted by atomic mass is 19.4. The number of pyridine rings is 1. The SMILES string of the molecule is CN1CCN(Cc2ccc(NC(=O)COc3ccc(-c4cnc5[nH]ccc5c4)cc3F)cc2C(F)(F)F)CC1. The van der Waals surface area contributed by atoms with E-state index in [1.54, 1.807) is 18.5 Å². The van der Waals surface area contributed by atoms with E-state index in [0.717, 1.165) is 30.2 Å². The maximum atomic E-state index is 14.7. The number of halogens is 4. The largest absolute Gasteiger partial charge is 0.481 e. The third-order valence-corrected chi connectivity index (χ3v) is 6.71. The number of aromatic amines is 1. The zero-order valence-corrected chi connectivity index (χ0v) is 21.2. The Morgan fingerprint density at radius 3 is 2.59 bits per heavy atom. The predicted octanol–water partition coefficient (Wildman–Crippen LogP) is 5.15. The summed E-state index contributed by atoms with van der Waals surface area (Å²) in [5, 5.41) is 3.30. The first-order valence-corrected chi connectivity index (χ1v) is 12.4. The highest BCUT2D eigenvalue weighted by Gasteiger charge is 2.34. The van der Waals surface area contributed by atoms with Crippen LogP contribution in [0.2, 0.25) is 0 Å². The first-order valence-electron chi connectivity index (χ1n) is 12.4. The highest BCUT2D eigenvalue weighted by molar-refractivity contribution is 5.92. The number of hydrogen-bond acceptors (Lipinski definition) is 5. The minimum Gasteiger partial charge on any atom is -0.481 e. The number of carbonyl (C=O) groups excluding carboxylic acids is 1. The molecule has 0 spiro atoms. The van der Waals surface area contributed by atoms with Gasteiger partial charge in [0.05, 0.1) is 5.56 Å². The van der Waals surface area contributed by atoms with Crippen LogP contribution >= 0.6 is 0 Å². The summed E-state index contributed by atoms with van der Waals surface area (Å²) in [6.45, 7) is 2.54. The van der Waals surface area contributed by atoms with E-state index >= 15 is 0 Å². The average Bonchev–Trinajstić information content (AvgIpc) is 3.37. The van der Waals surface area contributed by atoms with Crippen molar-refractivity contribution in [3.63, 3.8) is 0 Å². The number of hydrogen-bond donors (Lipinski definition) is 2. The van der Waals surface area contributed by atoms with E-state index < -0.39 is 30.1 Å². The Morgan fingerprint density at radius 1 is 1.05 bits per heavy atom. The number of amides is 1. The molecule has 0 aliphatic carbocycles. The Bertz CT molecular complexity index is 1480. The number of alkyl halides is 3. The van der Waals surface area contributed by atoms with Crippen LogP contribution in [0.25, 0.3) is 22.2 Å². The van der Waals surface area contributed by atoms with Crippen LogP contribution in [0.5, 0.6) is 5.75 Å². The lowest BCUT2D eigenvalue weighted by molar-refractivity contribution is -0.138. The number of nitrogens with one attached hydrogen (secondary N) is 2. The van der Waals surface area contributed by atoms with E-state index in [0.29, 0.717) is 24.2 Å². The van der Waals surface area contributed by atoms with E-state index in [4.69, 9.17) is 4.74 Å². The number of aromatic nitrogens is 2. The summed E-state index contributed by atoms with van der Waals surface area (Å²) in [4.78, 5) is 23.8. The Balaban J connectivity index is 1.22. The van der Waals surface area contributed by atoms with Gasteiger partial charge in [0, 0.05) is 61.8 Å². The second kappa shape index (κ2) is 11.0. The van der Waals surface area contributed by atoms with Crippen molar-refractivity contribution in [3.8, 4) is 16.9 Å². The molecule has 5 rings (SSSR count). The molecule has 2 aromatic heterocycles. The smallest absolute Gasteiger partial charge is 0.416 e. The lowest BCUT2D eigenvalue weighted by atomic mass is 10.0. The average molecular weight is 542 g/mol. The summed E-state index contributed by atoms with van der Waals surface area (Å²) in [6.07, 6.45) is -1.20. The Hall–Kier alpha value is -3.96. The number of benzene rings is 2. The quantitative estimate of drug-likeness (QED) is 0.317. The van der Waals surface area contributed by atoms with Gasteiger partial charge in [0.2, 0.25) is 0 Å². The summed E-state index contributed by atoms with van der Waals surface area (Å²) >= 11 is 0. The second-order valence-corrected chi connectivity index (χ2v) is 9.57.